The van der Waals surface area contributed by atoms with Gasteiger partial charge in [0.15, 0.2) is 0 Å². The summed E-state index contributed by atoms with van der Waals surface area (Å²) in [5.74, 6) is 2.94. The van der Waals surface area contributed by atoms with Crippen LogP contribution in [0.15, 0.2) is 46.9 Å². The van der Waals surface area contributed by atoms with E-state index in [1.54, 1.807) is 0 Å². The summed E-state index contributed by atoms with van der Waals surface area (Å²) in [6, 6.07) is 4.11. The molecule has 1 unspecified atom stereocenters. The van der Waals surface area contributed by atoms with Gasteiger partial charge in [-0.15, -0.1) is 0 Å². The maximum atomic E-state index is 5.82. The second-order valence-electron chi connectivity index (χ2n) is 4.58. The first-order chi connectivity index (χ1) is 7.66. The van der Waals surface area contributed by atoms with Gasteiger partial charge >= 0.3 is 0 Å². The van der Waals surface area contributed by atoms with E-state index in [2.05, 4.69) is 63.3 Å². The van der Waals surface area contributed by atoms with Crippen LogP contribution >= 0.6 is 0 Å². The summed E-state index contributed by atoms with van der Waals surface area (Å²) in [6.45, 7) is 6.45. The quantitative estimate of drug-likeness (QED) is 0.704. The molecular weight excluding hydrogens is 196 g/mol. The molecule has 1 nitrogen and oxygen atoms in total. The third-order valence-corrected chi connectivity index (χ3v) is 2.75. The van der Waals surface area contributed by atoms with Crippen LogP contribution in [0.5, 0.6) is 0 Å². The lowest BCUT2D eigenvalue weighted by Crippen LogP contribution is -1.82. The zero-order valence-electron chi connectivity index (χ0n) is 10.1. The van der Waals surface area contributed by atoms with Gasteiger partial charge in [-0.05, 0) is 18.1 Å². The summed E-state index contributed by atoms with van der Waals surface area (Å²) in [5, 5.41) is 0. The molecule has 1 atom stereocenters. The molecule has 1 aliphatic rings. The molecule has 16 heavy (non-hydrogen) atoms. The fourth-order valence-electron chi connectivity index (χ4n) is 1.69. The molecule has 84 valence electrons. The van der Waals surface area contributed by atoms with Crippen LogP contribution in [0.3, 0.4) is 0 Å². The number of furan rings is 1. The summed E-state index contributed by atoms with van der Waals surface area (Å²) in [6.07, 6.45) is 10.7. The minimum Gasteiger partial charge on any atom is -0.461 e. The van der Waals surface area contributed by atoms with E-state index in [0.717, 1.165) is 17.1 Å². The first-order valence-electron chi connectivity index (χ1n) is 5.83. The Morgan fingerprint density at radius 3 is 2.69 bits per heavy atom. The van der Waals surface area contributed by atoms with Gasteiger partial charge in [0, 0.05) is 11.5 Å². The molecule has 0 aliphatic heterocycles. The molecule has 0 radical (unpaired) electrons. The fraction of sp³-hybridized carbons (Fsp3) is 0.333. The predicted octanol–water partition coefficient (Wildman–Crippen LogP) is 4.55. The van der Waals surface area contributed by atoms with Gasteiger partial charge in [0.1, 0.15) is 11.5 Å². The summed E-state index contributed by atoms with van der Waals surface area (Å²) in [4.78, 5) is 0. The lowest BCUT2D eigenvalue weighted by atomic mass is 10.1. The third kappa shape index (κ3) is 2.35. The average molecular weight is 214 g/mol. The Morgan fingerprint density at radius 1 is 1.19 bits per heavy atom. The smallest absolute Gasteiger partial charge is 0.134 e. The molecule has 0 bridgehead atoms. The van der Waals surface area contributed by atoms with Gasteiger partial charge in [0.05, 0.1) is 0 Å². The van der Waals surface area contributed by atoms with E-state index in [0.29, 0.717) is 11.8 Å². The number of rotatable bonds is 2. The van der Waals surface area contributed by atoms with E-state index in [-0.39, 0.29) is 0 Å². The van der Waals surface area contributed by atoms with Crippen molar-refractivity contribution in [1.29, 1.82) is 0 Å². The number of allylic oxidation sites excluding steroid dienone is 6. The molecule has 0 saturated carbocycles. The van der Waals surface area contributed by atoms with Crippen molar-refractivity contribution in [3.8, 4) is 0 Å². The molecule has 0 saturated heterocycles. The van der Waals surface area contributed by atoms with E-state index in [1.165, 1.54) is 0 Å². The lowest BCUT2D eigenvalue weighted by molar-refractivity contribution is 0.478. The maximum Gasteiger partial charge on any atom is 0.134 e. The molecule has 1 aromatic heterocycles. The zero-order chi connectivity index (χ0) is 11.5. The topological polar surface area (TPSA) is 13.1 Å². The highest BCUT2D eigenvalue weighted by Crippen LogP contribution is 2.25. The summed E-state index contributed by atoms with van der Waals surface area (Å²) >= 11 is 0. The van der Waals surface area contributed by atoms with Gasteiger partial charge < -0.3 is 4.42 Å². The summed E-state index contributed by atoms with van der Waals surface area (Å²) < 4.78 is 5.82. The van der Waals surface area contributed by atoms with Crippen LogP contribution in [0.1, 0.15) is 38.2 Å². The molecule has 0 amide bonds. The molecule has 1 heteroatoms. The van der Waals surface area contributed by atoms with Gasteiger partial charge in [0.25, 0.3) is 0 Å². The monoisotopic (exact) mass is 214 g/mol. The van der Waals surface area contributed by atoms with Crippen LogP contribution in [0.2, 0.25) is 0 Å². The number of hydrogen-bond donors (Lipinski definition) is 0. The van der Waals surface area contributed by atoms with Crippen LogP contribution in [0.25, 0.3) is 5.57 Å². The highest BCUT2D eigenvalue weighted by Gasteiger charge is 2.08. The first-order valence-corrected chi connectivity index (χ1v) is 5.83. The third-order valence-electron chi connectivity index (χ3n) is 2.75. The minimum absolute atomic E-state index is 0.443. The van der Waals surface area contributed by atoms with Gasteiger partial charge in [-0.25, -0.2) is 0 Å². The van der Waals surface area contributed by atoms with E-state index in [9.17, 15) is 0 Å². The molecule has 1 aliphatic carbocycles. The molecule has 1 aromatic rings. The van der Waals surface area contributed by atoms with Gasteiger partial charge in [-0.1, -0.05) is 51.2 Å². The molecule has 0 spiro atoms. The average Bonchev–Trinajstić information content (AvgIpc) is 2.63. The van der Waals surface area contributed by atoms with Gasteiger partial charge in [-0.2, -0.15) is 0 Å². The van der Waals surface area contributed by atoms with Crippen LogP contribution in [0.4, 0.5) is 0 Å². The van der Waals surface area contributed by atoms with E-state index < -0.39 is 0 Å². The van der Waals surface area contributed by atoms with Crippen molar-refractivity contribution < 1.29 is 4.42 Å². The van der Waals surface area contributed by atoms with Crippen molar-refractivity contribution in [1.82, 2.24) is 0 Å². The van der Waals surface area contributed by atoms with E-state index >= 15 is 0 Å². The molecule has 0 aromatic carbocycles. The highest BCUT2D eigenvalue weighted by molar-refractivity contribution is 5.72. The lowest BCUT2D eigenvalue weighted by Gasteiger charge is -2.00. The Labute approximate surface area is 97.2 Å². The highest BCUT2D eigenvalue weighted by atomic mass is 16.3. The fourth-order valence-corrected chi connectivity index (χ4v) is 1.69. The summed E-state index contributed by atoms with van der Waals surface area (Å²) in [7, 11) is 0. The standard InChI is InChI=1S/C15H18O/c1-11(2)14-9-10-15(16-14)13-6-4-5-12(3)7-8-13/h4-12H,1-3H3. The largest absolute Gasteiger partial charge is 0.461 e. The van der Waals surface area contributed by atoms with Crippen molar-refractivity contribution in [2.75, 3.05) is 0 Å². The Hall–Kier alpha value is -1.50. The predicted molar refractivity (Wildman–Crippen MR) is 68.2 cm³/mol. The van der Waals surface area contributed by atoms with Crippen molar-refractivity contribution in [3.63, 3.8) is 0 Å². The summed E-state index contributed by atoms with van der Waals surface area (Å²) in [5.41, 5.74) is 1.15. The Bertz CT molecular complexity index is 444. The van der Waals surface area contributed by atoms with Crippen molar-refractivity contribution in [2.24, 2.45) is 5.92 Å². The molecule has 2 rings (SSSR count). The Kier molecular flexibility index (Phi) is 3.14. The van der Waals surface area contributed by atoms with E-state index in [1.807, 2.05) is 0 Å². The minimum atomic E-state index is 0.443. The van der Waals surface area contributed by atoms with Crippen LogP contribution < -0.4 is 0 Å². The normalized spacial score (nSPS) is 20.0. The van der Waals surface area contributed by atoms with Crippen LogP contribution in [0, 0.1) is 5.92 Å². The zero-order valence-corrected chi connectivity index (χ0v) is 10.1. The maximum absolute atomic E-state index is 5.82. The Morgan fingerprint density at radius 2 is 2.00 bits per heavy atom. The molecular formula is C15H18O. The Balaban J connectivity index is 2.27. The van der Waals surface area contributed by atoms with Crippen LogP contribution in [-0.4, -0.2) is 0 Å². The molecule has 1 heterocycles. The van der Waals surface area contributed by atoms with Crippen molar-refractivity contribution in [2.45, 2.75) is 26.7 Å². The van der Waals surface area contributed by atoms with Gasteiger partial charge in [-0.3, -0.25) is 0 Å². The SMILES string of the molecule is CC1C=CC=C(c2ccc(C(C)C)o2)C=C1. The molecule has 0 N–H and O–H groups in total. The second-order valence-corrected chi connectivity index (χ2v) is 4.58. The van der Waals surface area contributed by atoms with Gasteiger partial charge in [0.2, 0.25) is 0 Å². The van der Waals surface area contributed by atoms with Crippen molar-refractivity contribution >= 4 is 5.57 Å². The van der Waals surface area contributed by atoms with Crippen LogP contribution in [-0.2, 0) is 0 Å². The number of hydrogen-bond acceptors (Lipinski definition) is 1. The van der Waals surface area contributed by atoms with Crippen molar-refractivity contribution in [3.05, 3.63) is 54.0 Å². The van der Waals surface area contributed by atoms with E-state index in [4.69, 9.17) is 4.42 Å². The second kappa shape index (κ2) is 4.56. The first kappa shape index (κ1) is 11.0. The molecule has 0 fully saturated rings.